The number of nitrogens with zero attached hydrogens (tertiary/aromatic N) is 8. The van der Waals surface area contributed by atoms with Gasteiger partial charge in [-0.15, -0.1) is 56.7 Å². The highest BCUT2D eigenvalue weighted by molar-refractivity contribution is 7.27. The number of para-hydroxylation sites is 3. The summed E-state index contributed by atoms with van der Waals surface area (Å²) in [6, 6.07) is 110. The molecule has 22 aromatic rings. The first kappa shape index (κ1) is 62.0. The van der Waals surface area contributed by atoms with E-state index in [1.54, 1.807) is 34.0 Å². The Bertz CT molecular complexity index is 7150. The second-order valence-electron chi connectivity index (χ2n) is 26.0. The molecule has 14 aromatic carbocycles. The molecule has 0 saturated heterocycles. The predicted molar refractivity (Wildman–Crippen MR) is 446 cm³/mol. The van der Waals surface area contributed by atoms with E-state index in [0.717, 1.165) is 98.3 Å². The molecule has 0 amide bonds. The average molecular weight is 1450 g/mol. The summed E-state index contributed by atoms with van der Waals surface area (Å²) in [6.07, 6.45) is 0. The summed E-state index contributed by atoms with van der Waals surface area (Å²) >= 11 is 8.88. The maximum Gasteiger partial charge on any atom is 0.165 e. The summed E-state index contributed by atoms with van der Waals surface area (Å²) in [5.74, 6) is 3.88. The molecule has 0 unspecified atom stereocenters. The van der Waals surface area contributed by atoms with Gasteiger partial charge in [-0.3, -0.25) is 0 Å². The number of hydrogen-bond donors (Lipinski definition) is 0. The number of thiophene rings is 3. The van der Waals surface area contributed by atoms with Crippen molar-refractivity contribution < 1.29 is 4.42 Å². The van der Waals surface area contributed by atoms with Crippen molar-refractivity contribution in [3.8, 4) is 112 Å². The van der Waals surface area contributed by atoms with Crippen molar-refractivity contribution >= 4 is 160 Å². The zero-order chi connectivity index (χ0) is 69.8. The van der Waals surface area contributed by atoms with Gasteiger partial charge in [0.15, 0.2) is 34.9 Å². The molecule has 0 aliphatic carbocycles. The van der Waals surface area contributed by atoms with E-state index >= 15 is 0 Å². The minimum absolute atomic E-state index is 0.608. The molecule has 8 aromatic heterocycles. The topological polar surface area (TPSA) is 116 Å². The van der Waals surface area contributed by atoms with E-state index in [4.69, 9.17) is 44.3 Å². The largest absolute Gasteiger partial charge is 0.456 e. The van der Waals surface area contributed by atoms with E-state index in [0.29, 0.717) is 34.9 Å². The molecule has 0 spiro atoms. The van der Waals surface area contributed by atoms with Crippen LogP contribution in [0.15, 0.2) is 320 Å². The quantitative estimate of drug-likeness (QED) is 0.132. The van der Waals surface area contributed by atoms with Crippen molar-refractivity contribution in [1.82, 2.24) is 39.9 Å². The zero-order valence-corrected chi connectivity index (χ0v) is 60.1. The van der Waals surface area contributed by atoms with Crippen molar-refractivity contribution in [2.75, 3.05) is 0 Å². The molecule has 0 fully saturated rings. The molecule has 14 heteroatoms. The number of rotatable bonds is 10. The standard InChI is InChI=1S/C46H26N4OS2.C46H26N4S3/c1-2-11-28(12-3-1)43-48-44(33-16-9-20-37-40(33)31-13-4-6-19-36(31)51-37)50-45(49-43)34-17-10-22-39-41(34)32-15-8-14-30(42(32)52-39)27-23-25-29(26-24-27)46-47-35-18-5-7-21-38(35)53-46;1-2-11-28(12-3-1)43-48-44(50-45(49-43)35-18-9-15-32-31-13-4-6-20-37(31)51-42(32)35)34-17-10-22-39-40(34)33-16-8-14-30(41(33)52-39)27-23-25-29(26-24-27)46-47-36-19-5-7-21-38(36)53-46/h2*1-26H. The maximum atomic E-state index is 6.26. The molecule has 0 aliphatic heterocycles. The smallest absolute Gasteiger partial charge is 0.165 e. The van der Waals surface area contributed by atoms with Crippen LogP contribution >= 0.6 is 56.7 Å². The number of thiazole rings is 2. The fraction of sp³-hybridized carbons (Fsp3) is 0. The van der Waals surface area contributed by atoms with E-state index in [1.165, 1.54) is 81.4 Å². The monoisotopic (exact) mass is 1440 g/mol. The average Bonchev–Trinajstić information content (AvgIpc) is 1.56. The Morgan fingerprint density at radius 2 is 0.538 bits per heavy atom. The molecule has 8 heterocycles. The van der Waals surface area contributed by atoms with Gasteiger partial charge in [-0.1, -0.05) is 255 Å². The van der Waals surface area contributed by atoms with E-state index in [2.05, 4.69) is 224 Å². The lowest BCUT2D eigenvalue weighted by molar-refractivity contribution is 0.669. The van der Waals surface area contributed by atoms with Crippen molar-refractivity contribution in [2.24, 2.45) is 0 Å². The first-order chi connectivity index (χ1) is 52.5. The van der Waals surface area contributed by atoms with Crippen molar-refractivity contribution in [3.63, 3.8) is 0 Å². The molecule has 9 nitrogen and oxygen atoms in total. The molecule has 496 valence electrons. The van der Waals surface area contributed by atoms with Crippen molar-refractivity contribution in [1.29, 1.82) is 0 Å². The highest BCUT2D eigenvalue weighted by Gasteiger charge is 2.24. The van der Waals surface area contributed by atoms with Crippen LogP contribution in [0.4, 0.5) is 0 Å². The lowest BCUT2D eigenvalue weighted by Crippen LogP contribution is -2.00. The van der Waals surface area contributed by atoms with Crippen molar-refractivity contribution in [2.45, 2.75) is 0 Å². The third-order valence-corrected chi connectivity index (χ3v) is 25.4. The Hall–Kier alpha value is -12.7. The minimum Gasteiger partial charge on any atom is -0.456 e. The Labute approximate surface area is 626 Å². The minimum atomic E-state index is 0.608. The van der Waals surface area contributed by atoms with Gasteiger partial charge in [0.2, 0.25) is 0 Å². The van der Waals surface area contributed by atoms with Gasteiger partial charge in [0.05, 0.1) is 20.4 Å². The van der Waals surface area contributed by atoms with Crippen LogP contribution in [0.25, 0.3) is 215 Å². The maximum absolute atomic E-state index is 6.26. The van der Waals surface area contributed by atoms with Crippen molar-refractivity contribution in [3.05, 3.63) is 315 Å². The van der Waals surface area contributed by atoms with Crippen LogP contribution in [0.5, 0.6) is 0 Å². The molecule has 0 radical (unpaired) electrons. The lowest BCUT2D eigenvalue weighted by atomic mass is 9.99. The number of benzene rings is 14. The van der Waals surface area contributed by atoms with E-state index in [9.17, 15) is 0 Å². The molecule has 0 saturated carbocycles. The molecule has 106 heavy (non-hydrogen) atoms. The first-order valence-electron chi connectivity index (χ1n) is 34.8. The number of aromatic nitrogens is 8. The van der Waals surface area contributed by atoms with Gasteiger partial charge in [-0.25, -0.2) is 39.9 Å². The van der Waals surface area contributed by atoms with E-state index in [1.807, 2.05) is 114 Å². The molecular weight excluding hydrogens is 1390 g/mol. The van der Waals surface area contributed by atoms with Crippen LogP contribution in [0.1, 0.15) is 0 Å². The summed E-state index contributed by atoms with van der Waals surface area (Å²) in [5, 5.41) is 11.3. The van der Waals surface area contributed by atoms with Crippen LogP contribution in [-0.4, -0.2) is 39.9 Å². The Kier molecular flexibility index (Phi) is 15.0. The summed E-state index contributed by atoms with van der Waals surface area (Å²) in [6.45, 7) is 0. The number of furan rings is 1. The molecule has 0 atom stereocenters. The van der Waals surface area contributed by atoms with Gasteiger partial charge < -0.3 is 4.42 Å². The summed E-state index contributed by atoms with van der Waals surface area (Å²) in [7, 11) is 0. The second kappa shape index (κ2) is 25.6. The molecular formula is C92H52N8OS5. The second-order valence-corrected chi connectivity index (χ2v) is 31.2. The highest BCUT2D eigenvalue weighted by Crippen LogP contribution is 2.48. The number of fused-ring (bicyclic) bond motifs is 14. The Morgan fingerprint density at radius 3 is 1.07 bits per heavy atom. The SMILES string of the molecule is c1ccc(-c2nc(-c3cccc4c3sc3ccccc34)nc(-c3cccc4sc5c(-c6ccc(-c7nc8ccccc8s7)cc6)cccc5c34)n2)cc1.c1ccc(-c2nc(-c3cccc4oc5ccccc5c34)nc(-c3cccc4sc5c(-c6ccc(-c7nc8ccccc8s7)cc6)cccc5c34)n2)cc1. The third-order valence-electron chi connectivity index (χ3n) is 19.6. The zero-order valence-electron chi connectivity index (χ0n) is 56.0. The number of hydrogen-bond acceptors (Lipinski definition) is 14. The van der Waals surface area contributed by atoms with Gasteiger partial charge in [0.25, 0.3) is 0 Å². The molecule has 0 bridgehead atoms. The van der Waals surface area contributed by atoms with Gasteiger partial charge in [-0.05, 0) is 82.9 Å². The normalized spacial score (nSPS) is 11.8. The summed E-state index contributed by atoms with van der Waals surface area (Å²) < 4.78 is 16.0. The first-order valence-corrected chi connectivity index (χ1v) is 38.8. The predicted octanol–water partition coefficient (Wildman–Crippen LogP) is 26.6. The van der Waals surface area contributed by atoms with Crippen LogP contribution in [-0.2, 0) is 0 Å². The third kappa shape index (κ3) is 10.7. The van der Waals surface area contributed by atoms with Gasteiger partial charge in [0.1, 0.15) is 21.2 Å². The summed E-state index contributed by atoms with van der Waals surface area (Å²) in [5.41, 5.74) is 16.5. The van der Waals surface area contributed by atoms with Gasteiger partial charge >= 0.3 is 0 Å². The molecule has 22 rings (SSSR count). The van der Waals surface area contributed by atoms with E-state index < -0.39 is 0 Å². The molecule has 0 N–H and O–H groups in total. The summed E-state index contributed by atoms with van der Waals surface area (Å²) in [4.78, 5) is 40.8. The molecule has 0 aliphatic rings. The van der Waals surface area contributed by atoms with Gasteiger partial charge in [-0.2, -0.15) is 0 Å². The van der Waals surface area contributed by atoms with Crippen LogP contribution in [0, 0.1) is 0 Å². The van der Waals surface area contributed by atoms with E-state index in [-0.39, 0.29) is 0 Å². The fourth-order valence-corrected chi connectivity index (χ4v) is 20.3. The van der Waals surface area contributed by atoms with Crippen LogP contribution in [0.3, 0.4) is 0 Å². The van der Waals surface area contributed by atoms with Crippen LogP contribution < -0.4 is 0 Å². The highest BCUT2D eigenvalue weighted by atomic mass is 32.1. The lowest BCUT2D eigenvalue weighted by Gasteiger charge is -2.10. The Morgan fingerprint density at radius 1 is 0.189 bits per heavy atom. The van der Waals surface area contributed by atoms with Crippen LogP contribution in [0.2, 0.25) is 0 Å². The fourth-order valence-electron chi connectivity index (χ4n) is 14.6. The Balaban J connectivity index is 0.000000136. The van der Waals surface area contributed by atoms with Gasteiger partial charge in [0, 0.05) is 116 Å².